The highest BCUT2D eigenvalue weighted by atomic mass is 35.5. The third-order valence-corrected chi connectivity index (χ3v) is 5.04. The van der Waals surface area contributed by atoms with E-state index >= 15 is 0 Å². The van der Waals surface area contributed by atoms with Crippen molar-refractivity contribution in [3.8, 4) is 5.75 Å². The van der Waals surface area contributed by atoms with E-state index in [1.807, 2.05) is 24.8 Å². The molecule has 6 heteroatoms. The van der Waals surface area contributed by atoms with Gasteiger partial charge in [0.25, 0.3) is 0 Å². The number of hydrogen-bond acceptors (Lipinski definition) is 4. The van der Waals surface area contributed by atoms with Crippen molar-refractivity contribution in [3.05, 3.63) is 22.7 Å². The highest BCUT2D eigenvalue weighted by molar-refractivity contribution is 7.99. The zero-order valence-electron chi connectivity index (χ0n) is 12.4. The number of aryl methyl sites for hydroxylation is 1. The quantitative estimate of drug-likeness (QED) is 0.842. The summed E-state index contributed by atoms with van der Waals surface area (Å²) in [5, 5.41) is 6.93. The van der Waals surface area contributed by atoms with E-state index in [9.17, 15) is 4.79 Å². The molecule has 0 spiro atoms. The van der Waals surface area contributed by atoms with Gasteiger partial charge in [-0.3, -0.25) is 4.79 Å². The molecular weight excluding hydrogens is 308 g/mol. The molecule has 2 N–H and O–H groups in total. The molecule has 1 aliphatic heterocycles. The monoisotopic (exact) mass is 328 g/mol. The van der Waals surface area contributed by atoms with Gasteiger partial charge in [0.05, 0.1) is 12.8 Å². The highest BCUT2D eigenvalue weighted by Crippen LogP contribution is 2.30. The average molecular weight is 329 g/mol. The van der Waals surface area contributed by atoms with Gasteiger partial charge in [0.15, 0.2) is 0 Å². The Balaban J connectivity index is 1.85. The molecule has 21 heavy (non-hydrogen) atoms. The van der Waals surface area contributed by atoms with Crippen LogP contribution in [0.5, 0.6) is 5.75 Å². The minimum Gasteiger partial charge on any atom is -0.495 e. The molecular formula is C15H21ClN2O2S. The van der Waals surface area contributed by atoms with E-state index in [-0.39, 0.29) is 5.91 Å². The Morgan fingerprint density at radius 2 is 2.33 bits per heavy atom. The van der Waals surface area contributed by atoms with Crippen molar-refractivity contribution >= 4 is 35.0 Å². The fourth-order valence-corrected chi connectivity index (χ4v) is 3.57. The maximum Gasteiger partial charge on any atom is 0.225 e. The van der Waals surface area contributed by atoms with Gasteiger partial charge < -0.3 is 15.4 Å². The third-order valence-electron chi connectivity index (χ3n) is 3.47. The van der Waals surface area contributed by atoms with Crippen molar-refractivity contribution in [1.82, 2.24) is 5.32 Å². The summed E-state index contributed by atoms with van der Waals surface area (Å²) in [4.78, 5) is 12.0. The molecule has 2 rings (SSSR count). The van der Waals surface area contributed by atoms with Crippen molar-refractivity contribution in [2.45, 2.75) is 25.8 Å². The van der Waals surface area contributed by atoms with Crippen LogP contribution in [0.4, 0.5) is 5.69 Å². The first-order valence-electron chi connectivity index (χ1n) is 7.05. The number of benzene rings is 1. The topological polar surface area (TPSA) is 50.4 Å². The highest BCUT2D eigenvalue weighted by Gasteiger charge is 2.15. The number of anilines is 1. The molecule has 1 fully saturated rings. The first-order valence-corrected chi connectivity index (χ1v) is 8.58. The molecule has 0 saturated carbocycles. The molecule has 116 valence electrons. The fourth-order valence-electron chi connectivity index (χ4n) is 2.23. The zero-order valence-corrected chi connectivity index (χ0v) is 13.9. The van der Waals surface area contributed by atoms with Gasteiger partial charge in [-0.05, 0) is 30.7 Å². The number of amides is 1. The third kappa shape index (κ3) is 4.80. The van der Waals surface area contributed by atoms with Crippen LogP contribution in [0.2, 0.25) is 5.02 Å². The van der Waals surface area contributed by atoms with Crippen molar-refractivity contribution in [3.63, 3.8) is 0 Å². The molecule has 0 unspecified atom stereocenters. The van der Waals surface area contributed by atoms with Gasteiger partial charge in [0, 0.05) is 35.8 Å². The number of nitrogens with one attached hydrogen (secondary N) is 2. The lowest BCUT2D eigenvalue weighted by Crippen LogP contribution is -2.31. The minimum atomic E-state index is -0.0202. The van der Waals surface area contributed by atoms with E-state index in [1.54, 1.807) is 13.2 Å². The van der Waals surface area contributed by atoms with Crippen LogP contribution in [-0.4, -0.2) is 37.1 Å². The smallest absolute Gasteiger partial charge is 0.225 e. The van der Waals surface area contributed by atoms with Crippen molar-refractivity contribution in [2.24, 2.45) is 0 Å². The summed E-state index contributed by atoms with van der Waals surface area (Å²) >= 11 is 8.01. The lowest BCUT2D eigenvalue weighted by Gasteiger charge is -2.13. The van der Waals surface area contributed by atoms with E-state index in [0.717, 1.165) is 11.3 Å². The second-order valence-corrected chi connectivity index (χ2v) is 6.67. The lowest BCUT2D eigenvalue weighted by molar-refractivity contribution is -0.116. The van der Waals surface area contributed by atoms with Crippen LogP contribution < -0.4 is 15.4 Å². The fraction of sp³-hybridized carbons (Fsp3) is 0.533. The second-order valence-electron chi connectivity index (χ2n) is 5.11. The predicted molar refractivity (Wildman–Crippen MR) is 89.7 cm³/mol. The minimum absolute atomic E-state index is 0.0202. The van der Waals surface area contributed by atoms with Gasteiger partial charge in [0.2, 0.25) is 5.91 Å². The molecule has 1 aromatic rings. The maximum atomic E-state index is 12.0. The molecule has 1 saturated heterocycles. The van der Waals surface area contributed by atoms with Crippen LogP contribution in [-0.2, 0) is 4.79 Å². The van der Waals surface area contributed by atoms with E-state index in [1.165, 1.54) is 12.2 Å². The van der Waals surface area contributed by atoms with Gasteiger partial charge in [-0.25, -0.2) is 0 Å². The number of hydrogen-bond donors (Lipinski definition) is 2. The average Bonchev–Trinajstić information content (AvgIpc) is 2.96. The number of rotatable bonds is 6. The number of carbonyl (C=O) groups is 1. The van der Waals surface area contributed by atoms with Crippen molar-refractivity contribution < 1.29 is 9.53 Å². The summed E-state index contributed by atoms with van der Waals surface area (Å²) in [6.45, 7) is 2.60. The Hall–Kier alpha value is -0.910. The van der Waals surface area contributed by atoms with Gasteiger partial charge in [-0.15, -0.1) is 0 Å². The first-order chi connectivity index (χ1) is 10.1. The Morgan fingerprint density at radius 3 is 3.00 bits per heavy atom. The molecule has 1 aliphatic rings. The standard InChI is InChI=1S/C15H21ClN2O2S/c1-10-7-13(14(20-2)8-12(10)16)18-15(19)3-5-17-11-4-6-21-9-11/h7-8,11,17H,3-6,9H2,1-2H3,(H,18,19)/t11-/m1/s1. The zero-order chi connectivity index (χ0) is 15.2. The lowest BCUT2D eigenvalue weighted by atomic mass is 10.2. The molecule has 1 aromatic carbocycles. The molecule has 0 aromatic heterocycles. The van der Waals surface area contributed by atoms with E-state index in [4.69, 9.17) is 16.3 Å². The van der Waals surface area contributed by atoms with E-state index < -0.39 is 0 Å². The van der Waals surface area contributed by atoms with Gasteiger partial charge in [-0.1, -0.05) is 11.6 Å². The Kier molecular flexibility index (Phi) is 6.21. The van der Waals surface area contributed by atoms with E-state index in [0.29, 0.717) is 35.5 Å². The van der Waals surface area contributed by atoms with E-state index in [2.05, 4.69) is 10.6 Å². The number of methoxy groups -OCH3 is 1. The SMILES string of the molecule is COc1cc(Cl)c(C)cc1NC(=O)CCN[C@@H]1CCSC1. The number of carbonyl (C=O) groups excluding carboxylic acids is 1. The molecule has 0 bridgehead atoms. The largest absolute Gasteiger partial charge is 0.495 e. The van der Waals surface area contributed by atoms with Crippen LogP contribution in [0.3, 0.4) is 0 Å². The number of halogens is 1. The van der Waals surface area contributed by atoms with Crippen molar-refractivity contribution in [1.29, 1.82) is 0 Å². The summed E-state index contributed by atoms with van der Waals surface area (Å²) < 4.78 is 5.25. The number of ether oxygens (including phenoxy) is 1. The van der Waals surface area contributed by atoms with Crippen LogP contribution in [0.1, 0.15) is 18.4 Å². The summed E-state index contributed by atoms with van der Waals surface area (Å²) in [6, 6.07) is 4.11. The first kappa shape index (κ1) is 16.5. The molecule has 4 nitrogen and oxygen atoms in total. The Labute approximate surface area is 135 Å². The second kappa shape index (κ2) is 7.92. The molecule has 0 radical (unpaired) electrons. The summed E-state index contributed by atoms with van der Waals surface area (Å²) in [7, 11) is 1.57. The molecule has 1 heterocycles. The summed E-state index contributed by atoms with van der Waals surface area (Å²) in [5.74, 6) is 2.92. The summed E-state index contributed by atoms with van der Waals surface area (Å²) in [5.41, 5.74) is 1.58. The Morgan fingerprint density at radius 1 is 1.52 bits per heavy atom. The summed E-state index contributed by atoms with van der Waals surface area (Å²) in [6.07, 6.45) is 1.64. The van der Waals surface area contributed by atoms with Gasteiger partial charge >= 0.3 is 0 Å². The molecule has 1 amide bonds. The normalized spacial score (nSPS) is 17.8. The van der Waals surface area contributed by atoms with Gasteiger partial charge in [-0.2, -0.15) is 11.8 Å². The van der Waals surface area contributed by atoms with Crippen LogP contribution in [0, 0.1) is 6.92 Å². The van der Waals surface area contributed by atoms with Gasteiger partial charge in [0.1, 0.15) is 5.75 Å². The van der Waals surface area contributed by atoms with Crippen LogP contribution in [0.25, 0.3) is 0 Å². The maximum absolute atomic E-state index is 12.0. The Bertz CT molecular complexity index is 505. The van der Waals surface area contributed by atoms with Crippen LogP contribution >= 0.6 is 23.4 Å². The molecule has 0 aliphatic carbocycles. The predicted octanol–water partition coefficient (Wildman–Crippen LogP) is 3.08. The van der Waals surface area contributed by atoms with Crippen LogP contribution in [0.15, 0.2) is 12.1 Å². The number of thioether (sulfide) groups is 1. The van der Waals surface area contributed by atoms with Crippen molar-refractivity contribution in [2.75, 3.05) is 30.5 Å². The molecule has 1 atom stereocenters.